The van der Waals surface area contributed by atoms with E-state index in [1.165, 1.54) is 5.56 Å². The maximum absolute atomic E-state index is 11.1. The van der Waals surface area contributed by atoms with Gasteiger partial charge in [-0.05, 0) is 37.4 Å². The zero-order valence-corrected chi connectivity index (χ0v) is 14.0. The van der Waals surface area contributed by atoms with Crippen LogP contribution >= 0.6 is 0 Å². The molecule has 2 aromatic rings. The highest BCUT2D eigenvalue weighted by Crippen LogP contribution is 2.29. The lowest BCUT2D eigenvalue weighted by Crippen LogP contribution is -2.99. The van der Waals surface area contributed by atoms with Crippen LogP contribution in [0.15, 0.2) is 18.2 Å². The van der Waals surface area contributed by atoms with Crippen molar-refractivity contribution in [3.05, 3.63) is 34.7 Å². The topological polar surface area (TPSA) is 121 Å². The molecular formula is C15H21N3O5S. The first-order valence-corrected chi connectivity index (χ1v) is 9.49. The Kier molecular flexibility index (Phi) is 4.90. The fourth-order valence-corrected chi connectivity index (χ4v) is 3.81. The number of benzene rings is 1. The van der Waals surface area contributed by atoms with E-state index in [1.807, 2.05) is 0 Å². The van der Waals surface area contributed by atoms with Gasteiger partial charge in [-0.25, -0.2) is 5.21 Å². The highest BCUT2D eigenvalue weighted by Gasteiger charge is 2.21. The smallest absolute Gasteiger partial charge is 0.264 e. The molecule has 3 rings (SSSR count). The second-order valence-electron chi connectivity index (χ2n) is 6.17. The van der Waals surface area contributed by atoms with Crippen molar-refractivity contribution < 1.29 is 23.4 Å². The minimum atomic E-state index is -3.88. The first kappa shape index (κ1) is 17.3. The molecule has 1 aliphatic rings. The zero-order chi connectivity index (χ0) is 17.3. The molecule has 9 heteroatoms. The number of aromatic nitrogens is 1. The number of quaternary nitrogens is 1. The maximum Gasteiger partial charge on any atom is 0.264 e. The van der Waals surface area contributed by atoms with Gasteiger partial charge in [0.15, 0.2) is 5.69 Å². The van der Waals surface area contributed by atoms with E-state index in [4.69, 9.17) is 9.76 Å². The van der Waals surface area contributed by atoms with Crippen molar-refractivity contribution in [1.82, 2.24) is 9.88 Å². The number of nitrogens with zero attached hydrogens (tertiary/aromatic N) is 1. The summed E-state index contributed by atoms with van der Waals surface area (Å²) in [7, 11) is -3.88. The number of unbranched alkanes of at least 4 members (excludes halogenated alkanes) is 1. The van der Waals surface area contributed by atoms with Crippen molar-refractivity contribution in [3.63, 3.8) is 0 Å². The Morgan fingerprint density at radius 3 is 2.83 bits per heavy atom. The number of hydrogen-bond acceptors (Lipinski definition) is 5. The van der Waals surface area contributed by atoms with Gasteiger partial charge in [-0.3, -0.25) is 9.45 Å². The van der Waals surface area contributed by atoms with Crippen LogP contribution in [-0.2, 0) is 23.1 Å². The van der Waals surface area contributed by atoms with E-state index in [9.17, 15) is 13.6 Å². The molecule has 4 N–H and O–H groups in total. The Morgan fingerprint density at radius 1 is 1.33 bits per heavy atom. The predicted octanol–water partition coefficient (Wildman–Crippen LogP) is 0.597. The van der Waals surface area contributed by atoms with Gasteiger partial charge in [0.1, 0.15) is 0 Å². The summed E-state index contributed by atoms with van der Waals surface area (Å²) in [6, 6.07) is 5.11. The summed E-state index contributed by atoms with van der Waals surface area (Å²) in [4.78, 5) is 5.59. The second-order valence-corrected chi connectivity index (χ2v) is 7.74. The quantitative estimate of drug-likeness (QED) is 0.342. The van der Waals surface area contributed by atoms with E-state index in [1.54, 1.807) is 18.2 Å². The van der Waals surface area contributed by atoms with Gasteiger partial charge in [-0.2, -0.15) is 13.6 Å². The normalized spacial score (nSPS) is 17.1. The summed E-state index contributed by atoms with van der Waals surface area (Å²) in [6.07, 6.45) is 1.98. The fraction of sp³-hybridized carbons (Fsp3) is 0.467. The monoisotopic (exact) mass is 355 g/mol. The molecule has 1 aromatic carbocycles. The molecule has 8 nitrogen and oxygen atoms in total. The van der Waals surface area contributed by atoms with Crippen LogP contribution in [0, 0.1) is 5.21 Å². The molecule has 0 saturated heterocycles. The number of nitrogens with one attached hydrogen (secondary N) is 2. The predicted molar refractivity (Wildman–Crippen MR) is 88.7 cm³/mol. The van der Waals surface area contributed by atoms with Crippen molar-refractivity contribution in [1.29, 1.82) is 0 Å². The van der Waals surface area contributed by atoms with Crippen LogP contribution in [0.3, 0.4) is 0 Å². The lowest BCUT2D eigenvalue weighted by atomic mass is 10.0. The van der Waals surface area contributed by atoms with Crippen molar-refractivity contribution in [3.8, 4) is 0 Å². The van der Waals surface area contributed by atoms with Crippen molar-refractivity contribution in [2.24, 2.45) is 0 Å². The van der Waals surface area contributed by atoms with Crippen LogP contribution < -0.4 is 5.23 Å². The number of aromatic amines is 1. The summed E-state index contributed by atoms with van der Waals surface area (Å²) in [6.45, 7) is 2.35. The SMILES string of the molecule is O=S(=O)(O)CCCCN1CCc2c([nH]c3ccc([NH+]([O-])O)cc23)C1. The molecule has 0 spiro atoms. The molecule has 2 heterocycles. The molecule has 1 aromatic heterocycles. The van der Waals surface area contributed by atoms with Gasteiger partial charge in [0, 0.05) is 41.8 Å². The summed E-state index contributed by atoms with van der Waals surface area (Å²) in [5.74, 6) is -0.198. The Morgan fingerprint density at radius 2 is 2.12 bits per heavy atom. The van der Waals surface area contributed by atoms with Gasteiger partial charge >= 0.3 is 0 Å². The van der Waals surface area contributed by atoms with Gasteiger partial charge in [-0.15, -0.1) is 0 Å². The first-order valence-electron chi connectivity index (χ1n) is 7.88. The van der Waals surface area contributed by atoms with E-state index >= 15 is 0 Å². The average molecular weight is 355 g/mol. The molecule has 1 unspecified atom stereocenters. The van der Waals surface area contributed by atoms with Crippen LogP contribution in [-0.4, -0.2) is 46.9 Å². The highest BCUT2D eigenvalue weighted by molar-refractivity contribution is 7.85. The molecule has 0 bridgehead atoms. The van der Waals surface area contributed by atoms with Crippen molar-refractivity contribution in [2.45, 2.75) is 25.8 Å². The van der Waals surface area contributed by atoms with Gasteiger partial charge in [0.25, 0.3) is 10.1 Å². The Labute approximate surface area is 140 Å². The Bertz CT molecular complexity index is 831. The standard InChI is InChI=1S/C15H21N3O5S/c19-18(20)11-3-4-14-13(9-11)12-5-7-17(10-15(12)16-14)6-1-2-8-24(21,22)23/h3-4,9,16,18-19H,1-2,5-8,10H2,(H,21,22,23). The summed E-state index contributed by atoms with van der Waals surface area (Å²) in [5.41, 5.74) is 3.49. The highest BCUT2D eigenvalue weighted by atomic mass is 32.2. The molecule has 1 atom stereocenters. The van der Waals surface area contributed by atoms with Crippen LogP contribution in [0.25, 0.3) is 10.9 Å². The van der Waals surface area contributed by atoms with E-state index in [0.717, 1.165) is 42.7 Å². The van der Waals surface area contributed by atoms with E-state index in [2.05, 4.69) is 9.88 Å². The lowest BCUT2D eigenvalue weighted by molar-refractivity contribution is -0.991. The minimum Gasteiger partial charge on any atom is -0.595 e. The number of rotatable bonds is 6. The third-order valence-electron chi connectivity index (χ3n) is 4.43. The van der Waals surface area contributed by atoms with Crippen LogP contribution in [0.2, 0.25) is 0 Å². The first-order chi connectivity index (χ1) is 11.3. The second kappa shape index (κ2) is 6.79. The van der Waals surface area contributed by atoms with Crippen LogP contribution in [0.5, 0.6) is 0 Å². The van der Waals surface area contributed by atoms with Crippen LogP contribution in [0.1, 0.15) is 24.1 Å². The summed E-state index contributed by atoms with van der Waals surface area (Å²) < 4.78 is 30.2. The maximum atomic E-state index is 11.1. The number of hydrogen-bond donors (Lipinski definition) is 4. The van der Waals surface area contributed by atoms with E-state index in [-0.39, 0.29) is 11.4 Å². The van der Waals surface area contributed by atoms with Crippen molar-refractivity contribution >= 4 is 26.7 Å². The van der Waals surface area contributed by atoms with Crippen molar-refractivity contribution in [2.75, 3.05) is 18.8 Å². The van der Waals surface area contributed by atoms with Gasteiger partial charge in [0.05, 0.1) is 5.75 Å². The fourth-order valence-electron chi connectivity index (χ4n) is 3.24. The number of fused-ring (bicyclic) bond motifs is 3. The van der Waals surface area contributed by atoms with E-state index < -0.39 is 15.3 Å². The van der Waals surface area contributed by atoms with E-state index in [0.29, 0.717) is 12.8 Å². The largest absolute Gasteiger partial charge is 0.595 e. The molecule has 24 heavy (non-hydrogen) atoms. The summed E-state index contributed by atoms with van der Waals surface area (Å²) >= 11 is 0. The Balaban J connectivity index is 1.67. The number of H-pyrrole nitrogens is 1. The van der Waals surface area contributed by atoms with Gasteiger partial charge in [-0.1, -0.05) is 0 Å². The minimum absolute atomic E-state index is 0.198. The van der Waals surface area contributed by atoms with Gasteiger partial charge < -0.3 is 10.2 Å². The average Bonchev–Trinajstić information content (AvgIpc) is 2.87. The molecule has 0 saturated carbocycles. The lowest BCUT2D eigenvalue weighted by Gasteiger charge is -2.26. The third kappa shape index (κ3) is 3.94. The Hall–Kier alpha value is -1.49. The summed E-state index contributed by atoms with van der Waals surface area (Å²) in [5, 5.41) is 20.3. The zero-order valence-electron chi connectivity index (χ0n) is 13.2. The molecule has 132 valence electrons. The molecular weight excluding hydrogens is 334 g/mol. The molecule has 0 aliphatic carbocycles. The molecule has 0 fully saturated rings. The molecule has 0 amide bonds. The van der Waals surface area contributed by atoms with Crippen LogP contribution in [0.4, 0.5) is 5.69 Å². The molecule has 1 aliphatic heterocycles. The van der Waals surface area contributed by atoms with Gasteiger partial charge in [0.2, 0.25) is 0 Å². The molecule has 0 radical (unpaired) electrons. The third-order valence-corrected chi connectivity index (χ3v) is 5.23.